The quantitative estimate of drug-likeness (QED) is 0.292. The van der Waals surface area contributed by atoms with E-state index in [0.717, 1.165) is 5.56 Å². The summed E-state index contributed by atoms with van der Waals surface area (Å²) in [5, 5.41) is 12.7. The summed E-state index contributed by atoms with van der Waals surface area (Å²) in [7, 11) is 0. The highest BCUT2D eigenvalue weighted by Crippen LogP contribution is 2.07. The number of hydrogen-bond acceptors (Lipinski definition) is 4. The lowest BCUT2D eigenvalue weighted by molar-refractivity contribution is -0.525. The van der Waals surface area contributed by atoms with E-state index in [9.17, 15) is 10.1 Å². The van der Waals surface area contributed by atoms with Crippen molar-refractivity contribution in [2.45, 2.75) is 0 Å². The maximum absolute atomic E-state index is 10.0. The number of rotatable bonds is 4. The molecule has 7 heteroatoms. The van der Waals surface area contributed by atoms with Gasteiger partial charge in [-0.15, -0.1) is 5.10 Å². The van der Waals surface area contributed by atoms with Crippen LogP contribution in [0.1, 0.15) is 5.56 Å². The van der Waals surface area contributed by atoms with Gasteiger partial charge in [0.15, 0.2) is 5.03 Å². The molecule has 7 nitrogen and oxygen atoms in total. The van der Waals surface area contributed by atoms with Crippen molar-refractivity contribution in [3.8, 4) is 0 Å². The molecule has 0 saturated heterocycles. The highest BCUT2D eigenvalue weighted by molar-refractivity contribution is 5.77. The molecule has 1 aromatic rings. The summed E-state index contributed by atoms with van der Waals surface area (Å²) in [6.45, 7) is 3.70. The summed E-state index contributed by atoms with van der Waals surface area (Å²) in [5.41, 5.74) is 10.7. The van der Waals surface area contributed by atoms with Gasteiger partial charge in [-0.3, -0.25) is 5.43 Å². The van der Waals surface area contributed by atoms with Crippen LogP contribution in [0.15, 0.2) is 42.0 Å². The van der Waals surface area contributed by atoms with Crippen molar-refractivity contribution in [3.63, 3.8) is 0 Å². The van der Waals surface area contributed by atoms with Crippen LogP contribution in [0.25, 0.3) is 5.70 Å². The normalized spacial score (nSPS) is 10.6. The van der Waals surface area contributed by atoms with Crippen molar-refractivity contribution < 1.29 is 5.03 Å². The minimum Gasteiger partial charge on any atom is -0.364 e. The predicted octanol–water partition coefficient (Wildman–Crippen LogP) is 0.258. The van der Waals surface area contributed by atoms with Gasteiger partial charge < -0.3 is 5.73 Å². The van der Waals surface area contributed by atoms with Crippen molar-refractivity contribution in [3.05, 3.63) is 52.6 Å². The number of nitrogens with zero attached hydrogens (tertiary/aromatic N) is 2. The van der Waals surface area contributed by atoms with Crippen LogP contribution in [-0.2, 0) is 0 Å². The SMILES string of the molecule is C=C(NN=C(N)N[N+](=O)[O-])c1ccccc1. The molecular weight excluding hydrogens is 210 g/mol. The van der Waals surface area contributed by atoms with Crippen LogP contribution in [0.5, 0.6) is 0 Å². The van der Waals surface area contributed by atoms with Gasteiger partial charge in [0.2, 0.25) is 0 Å². The summed E-state index contributed by atoms with van der Waals surface area (Å²) in [4.78, 5) is 10.0. The first-order valence-corrected chi connectivity index (χ1v) is 4.34. The summed E-state index contributed by atoms with van der Waals surface area (Å²) in [6.07, 6.45) is 0. The van der Waals surface area contributed by atoms with Crippen molar-refractivity contribution >= 4 is 11.7 Å². The van der Waals surface area contributed by atoms with Crippen molar-refractivity contribution in [1.82, 2.24) is 10.9 Å². The number of nitro groups is 1. The Bertz CT molecular complexity index is 415. The standard InChI is InChI=1S/C9H11N5O2/c1-7(8-5-3-2-4-6-8)11-12-9(10)13-14(15)16/h2-6,11H,1H2,(H3,10,12,13). The van der Waals surface area contributed by atoms with E-state index in [1.54, 1.807) is 5.43 Å². The van der Waals surface area contributed by atoms with Gasteiger partial charge in [-0.25, -0.2) is 10.1 Å². The molecule has 0 heterocycles. The summed E-state index contributed by atoms with van der Waals surface area (Å²) in [6, 6.07) is 9.18. The summed E-state index contributed by atoms with van der Waals surface area (Å²) < 4.78 is 0. The van der Waals surface area contributed by atoms with E-state index in [2.05, 4.69) is 17.1 Å². The molecule has 0 aromatic heterocycles. The van der Waals surface area contributed by atoms with Gasteiger partial charge in [-0.1, -0.05) is 42.3 Å². The van der Waals surface area contributed by atoms with E-state index in [1.807, 2.05) is 30.3 Å². The molecule has 0 unspecified atom stereocenters. The highest BCUT2D eigenvalue weighted by Gasteiger charge is 1.99. The van der Waals surface area contributed by atoms with Gasteiger partial charge in [0.05, 0.1) is 5.70 Å². The summed E-state index contributed by atoms with van der Waals surface area (Å²) >= 11 is 0. The van der Waals surface area contributed by atoms with Gasteiger partial charge in [0.1, 0.15) is 0 Å². The Hall–Kier alpha value is -2.57. The Morgan fingerprint density at radius 2 is 2.06 bits per heavy atom. The lowest BCUT2D eigenvalue weighted by Crippen LogP contribution is -2.37. The fourth-order valence-electron chi connectivity index (χ4n) is 0.950. The van der Waals surface area contributed by atoms with E-state index in [4.69, 9.17) is 5.73 Å². The fourth-order valence-corrected chi connectivity index (χ4v) is 0.950. The first-order chi connectivity index (χ1) is 7.59. The molecule has 0 fully saturated rings. The molecule has 0 spiro atoms. The van der Waals surface area contributed by atoms with E-state index in [-0.39, 0.29) is 5.96 Å². The van der Waals surface area contributed by atoms with Gasteiger partial charge in [-0.2, -0.15) is 0 Å². The number of nitrogens with two attached hydrogens (primary N) is 1. The third-order valence-corrected chi connectivity index (χ3v) is 1.64. The Morgan fingerprint density at radius 1 is 1.44 bits per heavy atom. The van der Waals surface area contributed by atoms with Crippen molar-refractivity contribution in [1.29, 1.82) is 0 Å². The summed E-state index contributed by atoms with van der Waals surface area (Å²) in [5.74, 6) is -0.345. The minimum absolute atomic E-state index is 0.345. The Kier molecular flexibility index (Phi) is 3.84. The molecule has 0 atom stereocenters. The van der Waals surface area contributed by atoms with Crippen LogP contribution in [-0.4, -0.2) is 11.0 Å². The molecule has 0 amide bonds. The molecular formula is C9H11N5O2. The Labute approximate surface area is 91.8 Å². The van der Waals surface area contributed by atoms with Gasteiger partial charge in [0.25, 0.3) is 5.96 Å². The first kappa shape index (κ1) is 11.5. The van der Waals surface area contributed by atoms with E-state index in [0.29, 0.717) is 5.70 Å². The number of hydrogen-bond donors (Lipinski definition) is 3. The fraction of sp³-hybridized carbons (Fsp3) is 0. The number of guanidine groups is 1. The Morgan fingerprint density at radius 3 is 2.62 bits per heavy atom. The molecule has 84 valence electrons. The van der Waals surface area contributed by atoms with Crippen molar-refractivity contribution in [2.75, 3.05) is 0 Å². The van der Waals surface area contributed by atoms with E-state index >= 15 is 0 Å². The molecule has 4 N–H and O–H groups in total. The van der Waals surface area contributed by atoms with Crippen LogP contribution < -0.4 is 16.6 Å². The van der Waals surface area contributed by atoms with Gasteiger partial charge >= 0.3 is 0 Å². The largest absolute Gasteiger partial charge is 0.364 e. The molecule has 0 saturated carbocycles. The second kappa shape index (κ2) is 5.35. The average Bonchev–Trinajstić information content (AvgIpc) is 2.26. The molecule has 1 aromatic carbocycles. The minimum atomic E-state index is -0.800. The van der Waals surface area contributed by atoms with Crippen LogP contribution in [0.3, 0.4) is 0 Å². The van der Waals surface area contributed by atoms with Gasteiger partial charge in [0, 0.05) is 0 Å². The molecule has 0 radical (unpaired) electrons. The predicted molar refractivity (Wildman–Crippen MR) is 60.4 cm³/mol. The van der Waals surface area contributed by atoms with Crippen LogP contribution in [0, 0.1) is 10.1 Å². The van der Waals surface area contributed by atoms with E-state index in [1.165, 1.54) is 0 Å². The van der Waals surface area contributed by atoms with Crippen LogP contribution >= 0.6 is 0 Å². The third-order valence-electron chi connectivity index (χ3n) is 1.64. The van der Waals surface area contributed by atoms with E-state index < -0.39 is 5.03 Å². The number of hydrazone groups is 1. The molecule has 1 rings (SSSR count). The number of hydrazine groups is 1. The third kappa shape index (κ3) is 3.66. The highest BCUT2D eigenvalue weighted by atomic mass is 16.7. The second-order valence-electron chi connectivity index (χ2n) is 2.82. The molecule has 0 aliphatic rings. The number of nitrogens with one attached hydrogen (secondary N) is 2. The average molecular weight is 221 g/mol. The smallest absolute Gasteiger partial charge is 0.273 e. The zero-order chi connectivity index (χ0) is 12.0. The van der Waals surface area contributed by atoms with Crippen LogP contribution in [0.2, 0.25) is 0 Å². The molecule has 0 bridgehead atoms. The first-order valence-electron chi connectivity index (χ1n) is 4.34. The lowest BCUT2D eigenvalue weighted by Gasteiger charge is -2.04. The topological polar surface area (TPSA) is 106 Å². The second-order valence-corrected chi connectivity index (χ2v) is 2.82. The maximum Gasteiger partial charge on any atom is 0.273 e. The molecule has 0 aliphatic heterocycles. The number of benzene rings is 1. The van der Waals surface area contributed by atoms with Gasteiger partial charge in [-0.05, 0) is 5.56 Å². The zero-order valence-electron chi connectivity index (χ0n) is 8.38. The molecule has 0 aliphatic carbocycles. The Balaban J connectivity index is 2.56. The molecule has 16 heavy (non-hydrogen) atoms. The van der Waals surface area contributed by atoms with Crippen LogP contribution in [0.4, 0.5) is 0 Å². The van der Waals surface area contributed by atoms with Crippen molar-refractivity contribution in [2.24, 2.45) is 10.8 Å². The monoisotopic (exact) mass is 221 g/mol. The zero-order valence-corrected chi connectivity index (χ0v) is 8.38. The maximum atomic E-state index is 10.0. The lowest BCUT2D eigenvalue weighted by atomic mass is 10.2.